The number of carbonyl (C=O) groups excluding carboxylic acids is 3. The fourth-order valence-corrected chi connectivity index (χ4v) is 4.27. The molecule has 3 rings (SSSR count). The van der Waals surface area contributed by atoms with Crippen LogP contribution in [0.25, 0.3) is 22.1 Å². The lowest BCUT2D eigenvalue weighted by Gasteiger charge is -2.12. The van der Waals surface area contributed by atoms with Gasteiger partial charge in [-0.2, -0.15) is 0 Å². The van der Waals surface area contributed by atoms with Gasteiger partial charge in [0.05, 0.1) is 24.7 Å². The van der Waals surface area contributed by atoms with Crippen LogP contribution in [0.15, 0.2) is 76.0 Å². The second kappa shape index (κ2) is 15.7. The molecular formula is C35H40O8. The van der Waals surface area contributed by atoms with Crippen LogP contribution >= 0.6 is 0 Å². The minimum atomic E-state index is -0.471. The zero-order valence-corrected chi connectivity index (χ0v) is 25.5. The molecule has 0 atom stereocenters. The number of hydrogen-bond donors (Lipinski definition) is 0. The van der Waals surface area contributed by atoms with E-state index in [9.17, 15) is 19.2 Å². The third-order valence-electron chi connectivity index (χ3n) is 6.72. The van der Waals surface area contributed by atoms with Gasteiger partial charge in [0.2, 0.25) is 0 Å². The maximum absolute atomic E-state index is 13.1. The van der Waals surface area contributed by atoms with Crippen LogP contribution in [0.5, 0.6) is 5.75 Å². The molecule has 1 heterocycles. The summed E-state index contributed by atoms with van der Waals surface area (Å²) < 4.78 is 21.6. The van der Waals surface area contributed by atoms with Crippen LogP contribution in [0.4, 0.5) is 0 Å². The molecule has 3 aromatic rings. The SMILES string of the molecule is C=C(C)C(=O)OCCCCc1cc(CCCCOC(=O)C(=C)C)c2cc(-c3ccc(OC(=O)C(C)C)cc3)c(=O)oc2c1. The molecule has 0 aliphatic heterocycles. The van der Waals surface area contributed by atoms with Gasteiger partial charge in [0.1, 0.15) is 11.3 Å². The van der Waals surface area contributed by atoms with Crippen LogP contribution < -0.4 is 10.4 Å². The van der Waals surface area contributed by atoms with Crippen LogP contribution in [0, 0.1) is 5.92 Å². The average Bonchev–Trinajstić information content (AvgIpc) is 2.96. The molecule has 0 unspecified atom stereocenters. The van der Waals surface area contributed by atoms with E-state index in [0.717, 1.165) is 29.4 Å². The van der Waals surface area contributed by atoms with E-state index < -0.39 is 17.6 Å². The second-order valence-electron chi connectivity index (χ2n) is 11.0. The Morgan fingerprint density at radius 2 is 1.40 bits per heavy atom. The molecule has 0 saturated heterocycles. The topological polar surface area (TPSA) is 109 Å². The highest BCUT2D eigenvalue weighted by atomic mass is 16.5. The number of ether oxygens (including phenoxy) is 3. The van der Waals surface area contributed by atoms with Gasteiger partial charge < -0.3 is 18.6 Å². The molecular weight excluding hydrogens is 548 g/mol. The summed E-state index contributed by atoms with van der Waals surface area (Å²) in [6.45, 7) is 14.5. The zero-order chi connectivity index (χ0) is 31.5. The van der Waals surface area contributed by atoms with E-state index in [0.29, 0.717) is 72.5 Å². The summed E-state index contributed by atoms with van der Waals surface area (Å²) in [7, 11) is 0. The quantitative estimate of drug-likeness (QED) is 0.0620. The van der Waals surface area contributed by atoms with Crippen LogP contribution in [-0.2, 0) is 36.7 Å². The van der Waals surface area contributed by atoms with E-state index in [1.165, 1.54) is 0 Å². The first kappa shape index (κ1) is 33.0. The number of aryl methyl sites for hydroxylation is 2. The molecule has 228 valence electrons. The van der Waals surface area contributed by atoms with Gasteiger partial charge in [-0.25, -0.2) is 14.4 Å². The van der Waals surface area contributed by atoms with E-state index >= 15 is 0 Å². The van der Waals surface area contributed by atoms with Gasteiger partial charge in [0.15, 0.2) is 0 Å². The lowest BCUT2D eigenvalue weighted by atomic mass is 9.96. The van der Waals surface area contributed by atoms with Crippen molar-refractivity contribution in [3.63, 3.8) is 0 Å². The van der Waals surface area contributed by atoms with Gasteiger partial charge in [-0.3, -0.25) is 4.79 Å². The first-order chi connectivity index (χ1) is 20.5. The predicted molar refractivity (Wildman–Crippen MR) is 166 cm³/mol. The molecule has 0 saturated carbocycles. The molecule has 0 aliphatic carbocycles. The Bertz CT molecular complexity index is 1540. The van der Waals surface area contributed by atoms with Crippen molar-refractivity contribution in [2.24, 2.45) is 5.92 Å². The van der Waals surface area contributed by atoms with Crippen molar-refractivity contribution in [2.75, 3.05) is 13.2 Å². The highest BCUT2D eigenvalue weighted by molar-refractivity contribution is 5.87. The minimum Gasteiger partial charge on any atom is -0.462 e. The molecule has 0 N–H and O–H groups in total. The summed E-state index contributed by atoms with van der Waals surface area (Å²) in [4.78, 5) is 48.3. The third kappa shape index (κ3) is 9.81. The number of rotatable bonds is 15. The number of unbranched alkanes of at least 4 members (excludes halogenated alkanes) is 2. The number of esters is 3. The standard InChI is InChI=1S/C35H40O8/c1-22(2)32(36)40-17-9-7-11-25-19-27(12-8-10-18-41-33(37)23(3)4)29-21-30(35(39)43-31(29)20-25)26-13-15-28(16-14-26)42-34(38)24(5)6/h13-16,19-21,24H,1,3,7-12,17-18H2,2,4-6H3. The van der Waals surface area contributed by atoms with Gasteiger partial charge in [-0.15, -0.1) is 0 Å². The number of carbonyl (C=O) groups is 3. The monoisotopic (exact) mass is 588 g/mol. The Morgan fingerprint density at radius 1 is 0.814 bits per heavy atom. The van der Waals surface area contributed by atoms with Crippen LogP contribution in [0.1, 0.15) is 64.5 Å². The third-order valence-corrected chi connectivity index (χ3v) is 6.72. The van der Waals surface area contributed by atoms with Crippen molar-refractivity contribution in [3.8, 4) is 16.9 Å². The van der Waals surface area contributed by atoms with Crippen LogP contribution in [0.3, 0.4) is 0 Å². The molecule has 1 aromatic heterocycles. The summed E-state index contributed by atoms with van der Waals surface area (Å²) in [6, 6.07) is 12.6. The molecule has 0 aliphatic rings. The lowest BCUT2D eigenvalue weighted by molar-refractivity contribution is -0.139. The Balaban J connectivity index is 1.83. The average molecular weight is 589 g/mol. The van der Waals surface area contributed by atoms with Crippen LogP contribution in [-0.4, -0.2) is 31.1 Å². The summed E-state index contributed by atoms with van der Waals surface area (Å²) in [5.74, 6) is -0.989. The van der Waals surface area contributed by atoms with E-state index in [2.05, 4.69) is 19.2 Å². The molecule has 8 heteroatoms. The molecule has 2 aromatic carbocycles. The lowest BCUT2D eigenvalue weighted by Crippen LogP contribution is -2.14. The van der Waals surface area contributed by atoms with Crippen molar-refractivity contribution in [3.05, 3.63) is 88.3 Å². The van der Waals surface area contributed by atoms with E-state index in [4.69, 9.17) is 18.6 Å². The highest BCUT2D eigenvalue weighted by Crippen LogP contribution is 2.28. The van der Waals surface area contributed by atoms with Crippen molar-refractivity contribution in [1.29, 1.82) is 0 Å². The number of fused-ring (bicyclic) bond motifs is 1. The fraction of sp³-hybridized carbons (Fsp3) is 0.371. The van der Waals surface area contributed by atoms with Crippen LogP contribution in [0.2, 0.25) is 0 Å². The molecule has 43 heavy (non-hydrogen) atoms. The van der Waals surface area contributed by atoms with E-state index in [1.807, 2.05) is 12.1 Å². The van der Waals surface area contributed by atoms with Crippen molar-refractivity contribution in [2.45, 2.75) is 66.2 Å². The van der Waals surface area contributed by atoms with Gasteiger partial charge in [0.25, 0.3) is 0 Å². The van der Waals surface area contributed by atoms with Crippen molar-refractivity contribution < 1.29 is 33.0 Å². The minimum absolute atomic E-state index is 0.257. The van der Waals surface area contributed by atoms with Gasteiger partial charge in [0, 0.05) is 16.5 Å². The van der Waals surface area contributed by atoms with Crippen molar-refractivity contribution in [1.82, 2.24) is 0 Å². The Hall–Kier alpha value is -4.46. The van der Waals surface area contributed by atoms with E-state index in [1.54, 1.807) is 52.0 Å². The predicted octanol–water partition coefficient (Wildman–Crippen LogP) is 6.91. The molecule has 0 radical (unpaired) electrons. The van der Waals surface area contributed by atoms with Crippen molar-refractivity contribution >= 4 is 28.9 Å². The smallest absolute Gasteiger partial charge is 0.344 e. The Kier molecular flexibility index (Phi) is 12.0. The zero-order valence-electron chi connectivity index (χ0n) is 25.5. The Morgan fingerprint density at radius 3 is 1.95 bits per heavy atom. The number of benzene rings is 2. The largest absolute Gasteiger partial charge is 0.462 e. The maximum Gasteiger partial charge on any atom is 0.344 e. The summed E-state index contributed by atoms with van der Waals surface area (Å²) in [6.07, 6.45) is 4.28. The molecule has 0 amide bonds. The molecule has 0 fully saturated rings. The number of hydrogen-bond acceptors (Lipinski definition) is 8. The normalized spacial score (nSPS) is 10.9. The summed E-state index contributed by atoms with van der Waals surface area (Å²) >= 11 is 0. The molecule has 0 bridgehead atoms. The Labute approximate surface area is 252 Å². The van der Waals surface area contributed by atoms with E-state index in [-0.39, 0.29) is 11.9 Å². The van der Waals surface area contributed by atoms with Gasteiger partial charge in [-0.1, -0.05) is 45.2 Å². The summed E-state index contributed by atoms with van der Waals surface area (Å²) in [5.41, 5.74) is 3.82. The second-order valence-corrected chi connectivity index (χ2v) is 11.0. The fourth-order valence-electron chi connectivity index (χ4n) is 4.27. The molecule has 0 spiro atoms. The first-order valence-corrected chi connectivity index (χ1v) is 14.5. The van der Waals surface area contributed by atoms with Gasteiger partial charge >= 0.3 is 23.5 Å². The van der Waals surface area contributed by atoms with Gasteiger partial charge in [-0.05, 0) is 93.3 Å². The maximum atomic E-state index is 13.1. The highest BCUT2D eigenvalue weighted by Gasteiger charge is 2.15. The summed E-state index contributed by atoms with van der Waals surface area (Å²) in [5, 5.41) is 0.822. The molecule has 8 nitrogen and oxygen atoms in total. The first-order valence-electron chi connectivity index (χ1n) is 14.5.